The molecule has 2 aromatic rings. The molecule has 0 saturated carbocycles. The lowest BCUT2D eigenvalue weighted by Gasteiger charge is -2.10. The number of halogens is 4. The van der Waals surface area contributed by atoms with Crippen LogP contribution in [0.1, 0.15) is 21.4 Å². The van der Waals surface area contributed by atoms with Gasteiger partial charge in [0.15, 0.2) is 0 Å². The summed E-state index contributed by atoms with van der Waals surface area (Å²) in [4.78, 5) is 1.06. The van der Waals surface area contributed by atoms with E-state index in [1.54, 1.807) is 0 Å². The monoisotopic (exact) mass is 412 g/mol. The third-order valence-electron chi connectivity index (χ3n) is 2.36. The van der Waals surface area contributed by atoms with Crippen LogP contribution in [0, 0.1) is 6.92 Å². The van der Waals surface area contributed by atoms with Crippen molar-refractivity contribution in [3.05, 3.63) is 53.6 Å². The van der Waals surface area contributed by atoms with Crippen LogP contribution in [0.5, 0.6) is 0 Å². The van der Waals surface area contributed by atoms with Gasteiger partial charge in [-0.05, 0) is 42.3 Å². The van der Waals surface area contributed by atoms with Gasteiger partial charge in [0.2, 0.25) is 0 Å². The van der Waals surface area contributed by atoms with Crippen molar-refractivity contribution in [3.8, 4) is 0 Å². The second-order valence-corrected chi connectivity index (χ2v) is 7.53. The molecule has 1 aromatic carbocycles. The Morgan fingerprint density at radius 3 is 2.53 bits per heavy atom. The fourth-order valence-electron chi connectivity index (χ4n) is 1.47. The molecule has 17 heavy (non-hydrogen) atoms. The van der Waals surface area contributed by atoms with Crippen LogP contribution in [-0.4, -0.2) is 0 Å². The molecule has 90 valence electrons. The summed E-state index contributed by atoms with van der Waals surface area (Å²) >= 11 is 21.1. The smallest absolute Gasteiger partial charge is 0.0960 e. The summed E-state index contributed by atoms with van der Waals surface area (Å²) in [6.07, 6.45) is 0. The SMILES string of the molecule is Cc1cc(C(Cl)c2cc(Br)ccc2Br)sc1Cl. The van der Waals surface area contributed by atoms with Gasteiger partial charge in [-0.15, -0.1) is 22.9 Å². The highest BCUT2D eigenvalue weighted by atomic mass is 79.9. The fourth-order valence-corrected chi connectivity index (χ4v) is 4.05. The Labute approximate surface area is 131 Å². The van der Waals surface area contributed by atoms with Crippen LogP contribution in [0.3, 0.4) is 0 Å². The van der Waals surface area contributed by atoms with Gasteiger partial charge in [0.25, 0.3) is 0 Å². The minimum Gasteiger partial charge on any atom is -0.126 e. The van der Waals surface area contributed by atoms with Gasteiger partial charge in [-0.2, -0.15) is 0 Å². The standard InChI is InChI=1S/C12H8Br2Cl2S/c1-6-4-10(17-12(6)16)11(15)8-5-7(13)2-3-9(8)14/h2-5,11H,1H3. The maximum Gasteiger partial charge on any atom is 0.0960 e. The largest absolute Gasteiger partial charge is 0.126 e. The van der Waals surface area contributed by atoms with Crippen LogP contribution in [0.2, 0.25) is 4.34 Å². The summed E-state index contributed by atoms with van der Waals surface area (Å²) in [6, 6.07) is 8.02. The van der Waals surface area contributed by atoms with E-state index in [1.165, 1.54) is 11.3 Å². The quantitative estimate of drug-likeness (QED) is 0.488. The van der Waals surface area contributed by atoms with Crippen LogP contribution in [0.4, 0.5) is 0 Å². The van der Waals surface area contributed by atoms with E-state index in [0.717, 1.165) is 29.3 Å². The average Bonchev–Trinajstić information content (AvgIpc) is 2.62. The molecule has 5 heteroatoms. The van der Waals surface area contributed by atoms with E-state index in [9.17, 15) is 0 Å². The van der Waals surface area contributed by atoms with Gasteiger partial charge >= 0.3 is 0 Å². The molecule has 0 aliphatic carbocycles. The number of aryl methyl sites for hydroxylation is 1. The summed E-state index contributed by atoms with van der Waals surface area (Å²) in [5.41, 5.74) is 2.11. The molecule has 2 rings (SSSR count). The van der Waals surface area contributed by atoms with Crippen molar-refractivity contribution in [2.24, 2.45) is 0 Å². The lowest BCUT2D eigenvalue weighted by atomic mass is 10.1. The zero-order valence-electron chi connectivity index (χ0n) is 8.81. The van der Waals surface area contributed by atoms with Gasteiger partial charge in [-0.25, -0.2) is 0 Å². The molecule has 0 radical (unpaired) electrons. The molecule has 0 spiro atoms. The molecular weight excluding hydrogens is 407 g/mol. The summed E-state index contributed by atoms with van der Waals surface area (Å²) in [5, 5.41) is -0.182. The normalized spacial score (nSPS) is 12.8. The molecule has 1 atom stereocenters. The maximum atomic E-state index is 6.50. The molecular formula is C12H8Br2Cl2S. The predicted molar refractivity (Wildman–Crippen MR) is 83.6 cm³/mol. The Bertz CT molecular complexity index is 532. The fraction of sp³-hybridized carbons (Fsp3) is 0.167. The number of thiophene rings is 1. The second-order valence-electron chi connectivity index (χ2n) is 3.63. The topological polar surface area (TPSA) is 0 Å². The summed E-state index contributed by atoms with van der Waals surface area (Å²) in [5.74, 6) is 0. The van der Waals surface area contributed by atoms with Gasteiger partial charge in [-0.1, -0.05) is 43.5 Å². The zero-order chi connectivity index (χ0) is 12.6. The van der Waals surface area contributed by atoms with Gasteiger partial charge in [0, 0.05) is 13.8 Å². The second kappa shape index (κ2) is 5.62. The molecule has 0 amide bonds. The van der Waals surface area contributed by atoms with Crippen LogP contribution in [0.25, 0.3) is 0 Å². The van der Waals surface area contributed by atoms with Crippen molar-refractivity contribution in [3.63, 3.8) is 0 Å². The average molecular weight is 415 g/mol. The zero-order valence-corrected chi connectivity index (χ0v) is 14.3. The maximum absolute atomic E-state index is 6.50. The Morgan fingerprint density at radius 2 is 1.94 bits per heavy atom. The Hall–Kier alpha value is 0.460. The van der Waals surface area contributed by atoms with Crippen LogP contribution < -0.4 is 0 Å². The minimum absolute atomic E-state index is 0.182. The first-order valence-electron chi connectivity index (χ1n) is 4.84. The van der Waals surface area contributed by atoms with Crippen molar-refractivity contribution < 1.29 is 0 Å². The van der Waals surface area contributed by atoms with Gasteiger partial charge < -0.3 is 0 Å². The number of alkyl halides is 1. The third kappa shape index (κ3) is 3.07. The number of hydrogen-bond donors (Lipinski definition) is 0. The summed E-state index contributed by atoms with van der Waals surface area (Å²) in [6.45, 7) is 1.99. The molecule has 0 saturated heterocycles. The van der Waals surface area contributed by atoms with E-state index < -0.39 is 0 Å². The Balaban J connectivity index is 2.42. The van der Waals surface area contributed by atoms with Crippen LogP contribution >= 0.6 is 66.4 Å². The number of hydrogen-bond acceptors (Lipinski definition) is 1. The van der Waals surface area contributed by atoms with Gasteiger partial charge in [0.1, 0.15) is 0 Å². The molecule has 0 aliphatic rings. The van der Waals surface area contributed by atoms with Crippen molar-refractivity contribution in [1.82, 2.24) is 0 Å². The van der Waals surface area contributed by atoms with E-state index in [2.05, 4.69) is 31.9 Å². The first-order valence-corrected chi connectivity index (χ1v) is 8.05. The van der Waals surface area contributed by atoms with E-state index in [-0.39, 0.29) is 5.38 Å². The molecule has 1 aromatic heterocycles. The van der Waals surface area contributed by atoms with E-state index >= 15 is 0 Å². The van der Waals surface area contributed by atoms with Crippen molar-refractivity contribution in [2.45, 2.75) is 12.3 Å². The lowest BCUT2D eigenvalue weighted by Crippen LogP contribution is -1.91. The first-order chi connectivity index (χ1) is 7.99. The molecule has 0 fully saturated rings. The minimum atomic E-state index is -0.182. The molecule has 1 unspecified atom stereocenters. The predicted octanol–water partition coefficient (Wildman–Crippen LogP) is 6.56. The lowest BCUT2D eigenvalue weighted by molar-refractivity contribution is 1.16. The Morgan fingerprint density at radius 1 is 1.24 bits per heavy atom. The van der Waals surface area contributed by atoms with Crippen LogP contribution in [0.15, 0.2) is 33.2 Å². The highest BCUT2D eigenvalue weighted by Gasteiger charge is 2.17. The van der Waals surface area contributed by atoms with E-state index in [1.807, 2.05) is 31.2 Å². The Kier molecular flexibility index (Phi) is 4.59. The summed E-state index contributed by atoms with van der Waals surface area (Å²) in [7, 11) is 0. The molecule has 0 N–H and O–H groups in total. The van der Waals surface area contributed by atoms with Crippen molar-refractivity contribution in [2.75, 3.05) is 0 Å². The van der Waals surface area contributed by atoms with E-state index in [0.29, 0.717) is 0 Å². The van der Waals surface area contributed by atoms with Crippen molar-refractivity contribution in [1.29, 1.82) is 0 Å². The number of benzene rings is 1. The molecule has 0 bridgehead atoms. The first kappa shape index (κ1) is 13.9. The molecule has 0 nitrogen and oxygen atoms in total. The number of rotatable bonds is 2. The molecule has 0 aliphatic heterocycles. The molecule has 1 heterocycles. The van der Waals surface area contributed by atoms with Gasteiger partial charge in [0.05, 0.1) is 9.71 Å². The van der Waals surface area contributed by atoms with E-state index in [4.69, 9.17) is 23.2 Å². The highest BCUT2D eigenvalue weighted by molar-refractivity contribution is 9.11. The summed E-state index contributed by atoms with van der Waals surface area (Å²) < 4.78 is 2.82. The van der Waals surface area contributed by atoms with Crippen molar-refractivity contribution >= 4 is 66.4 Å². The highest BCUT2D eigenvalue weighted by Crippen LogP contribution is 2.40. The van der Waals surface area contributed by atoms with Gasteiger partial charge in [-0.3, -0.25) is 0 Å². The third-order valence-corrected chi connectivity index (χ3v) is 5.79. The van der Waals surface area contributed by atoms with Crippen LogP contribution in [-0.2, 0) is 0 Å².